The lowest BCUT2D eigenvalue weighted by Gasteiger charge is -2.20. The van der Waals surface area contributed by atoms with Crippen LogP contribution in [0, 0.1) is 0 Å². The standard InChI is InChI=1S/C13H23N5O6S/c1-5(17-12(22)7(14)3-9(15)19)10(20)16-6(2)11(21)18-8(4-25)13(23)24/h5-8,25H,3-4,14H2,1-2H3,(H2,15,19)(H,16,20)(H,17,22)(H,18,21)(H,23,24). The highest BCUT2D eigenvalue weighted by Crippen LogP contribution is 1.94. The van der Waals surface area contributed by atoms with Gasteiger partial charge < -0.3 is 32.5 Å². The Balaban J connectivity index is 4.55. The van der Waals surface area contributed by atoms with Crippen LogP contribution in [0.1, 0.15) is 20.3 Å². The van der Waals surface area contributed by atoms with Crippen LogP contribution in [0.25, 0.3) is 0 Å². The van der Waals surface area contributed by atoms with Crippen LogP contribution in [0.2, 0.25) is 0 Å². The number of thiol groups is 1. The summed E-state index contributed by atoms with van der Waals surface area (Å²) in [5, 5.41) is 15.6. The van der Waals surface area contributed by atoms with E-state index in [-0.39, 0.29) is 12.2 Å². The number of aliphatic carboxylic acids is 1. The minimum Gasteiger partial charge on any atom is -0.480 e. The second-order valence-corrected chi connectivity index (χ2v) is 5.68. The third-order valence-corrected chi connectivity index (χ3v) is 3.42. The van der Waals surface area contributed by atoms with E-state index in [4.69, 9.17) is 16.6 Å². The Morgan fingerprint density at radius 3 is 1.80 bits per heavy atom. The molecule has 0 aromatic heterocycles. The number of amides is 4. The molecule has 11 nitrogen and oxygen atoms in total. The van der Waals surface area contributed by atoms with E-state index in [2.05, 4.69) is 28.6 Å². The smallest absolute Gasteiger partial charge is 0.327 e. The summed E-state index contributed by atoms with van der Waals surface area (Å²) in [4.78, 5) is 57.0. The molecule has 4 atom stereocenters. The van der Waals surface area contributed by atoms with E-state index in [0.717, 1.165) is 0 Å². The summed E-state index contributed by atoms with van der Waals surface area (Å²) in [6.45, 7) is 2.70. The Morgan fingerprint density at radius 2 is 1.40 bits per heavy atom. The zero-order valence-corrected chi connectivity index (χ0v) is 14.7. The fourth-order valence-corrected chi connectivity index (χ4v) is 1.83. The molecule has 0 aromatic carbocycles. The lowest BCUT2D eigenvalue weighted by atomic mass is 10.2. The Bertz CT molecular complexity index is 543. The normalized spacial score (nSPS) is 15.2. The van der Waals surface area contributed by atoms with Crippen molar-refractivity contribution in [3.8, 4) is 0 Å². The van der Waals surface area contributed by atoms with Crippen LogP contribution < -0.4 is 27.4 Å². The number of hydrogen-bond donors (Lipinski definition) is 7. The highest BCUT2D eigenvalue weighted by atomic mass is 32.1. The number of nitrogens with two attached hydrogens (primary N) is 2. The molecule has 8 N–H and O–H groups in total. The summed E-state index contributed by atoms with van der Waals surface area (Å²) < 4.78 is 0. The molecular weight excluding hydrogens is 354 g/mol. The fraction of sp³-hybridized carbons (Fsp3) is 0.615. The molecule has 0 aromatic rings. The lowest BCUT2D eigenvalue weighted by Crippen LogP contribution is -2.55. The molecule has 12 heteroatoms. The molecule has 0 saturated carbocycles. The highest BCUT2D eigenvalue weighted by molar-refractivity contribution is 7.80. The average Bonchev–Trinajstić information content (AvgIpc) is 2.50. The largest absolute Gasteiger partial charge is 0.480 e. The van der Waals surface area contributed by atoms with Crippen LogP contribution in [0.15, 0.2) is 0 Å². The van der Waals surface area contributed by atoms with Gasteiger partial charge in [0.15, 0.2) is 0 Å². The van der Waals surface area contributed by atoms with Crippen molar-refractivity contribution in [2.75, 3.05) is 5.75 Å². The Morgan fingerprint density at radius 1 is 0.960 bits per heavy atom. The van der Waals surface area contributed by atoms with Crippen molar-refractivity contribution < 1.29 is 29.1 Å². The minimum absolute atomic E-state index is 0.119. The molecule has 0 aliphatic heterocycles. The molecule has 0 aliphatic carbocycles. The van der Waals surface area contributed by atoms with Crippen molar-refractivity contribution in [1.29, 1.82) is 0 Å². The lowest BCUT2D eigenvalue weighted by molar-refractivity contribution is -0.141. The van der Waals surface area contributed by atoms with E-state index >= 15 is 0 Å². The SMILES string of the molecule is CC(NC(=O)C(N)CC(N)=O)C(=O)NC(C)C(=O)NC(CS)C(=O)O. The van der Waals surface area contributed by atoms with Gasteiger partial charge in [0.1, 0.15) is 18.1 Å². The van der Waals surface area contributed by atoms with Crippen molar-refractivity contribution in [3.05, 3.63) is 0 Å². The first-order valence-electron chi connectivity index (χ1n) is 7.28. The molecule has 0 radical (unpaired) electrons. The van der Waals surface area contributed by atoms with Gasteiger partial charge in [-0.15, -0.1) is 0 Å². The second-order valence-electron chi connectivity index (χ2n) is 5.32. The number of hydrogen-bond acceptors (Lipinski definition) is 7. The molecule has 4 unspecified atom stereocenters. The van der Waals surface area contributed by atoms with Crippen LogP contribution in [0.3, 0.4) is 0 Å². The molecule has 0 spiro atoms. The van der Waals surface area contributed by atoms with Crippen molar-refractivity contribution in [1.82, 2.24) is 16.0 Å². The van der Waals surface area contributed by atoms with E-state index in [1.807, 2.05) is 0 Å². The highest BCUT2D eigenvalue weighted by Gasteiger charge is 2.26. The molecule has 0 saturated heterocycles. The van der Waals surface area contributed by atoms with Gasteiger partial charge in [-0.2, -0.15) is 12.6 Å². The van der Waals surface area contributed by atoms with Crippen molar-refractivity contribution >= 4 is 42.2 Å². The molecular formula is C13H23N5O6S. The third kappa shape index (κ3) is 8.35. The molecule has 25 heavy (non-hydrogen) atoms. The molecule has 0 aliphatic rings. The number of nitrogens with one attached hydrogen (secondary N) is 3. The number of carbonyl (C=O) groups excluding carboxylic acids is 4. The summed E-state index contributed by atoms with van der Waals surface area (Å²) in [5.74, 6) is -4.31. The predicted molar refractivity (Wildman–Crippen MR) is 90.4 cm³/mol. The van der Waals surface area contributed by atoms with Crippen molar-refractivity contribution in [2.45, 2.75) is 44.4 Å². The quantitative estimate of drug-likeness (QED) is 0.194. The zero-order chi connectivity index (χ0) is 19.7. The van der Waals surface area contributed by atoms with Crippen LogP contribution in [-0.2, 0) is 24.0 Å². The molecule has 0 bridgehead atoms. The third-order valence-electron chi connectivity index (χ3n) is 3.06. The van der Waals surface area contributed by atoms with E-state index in [9.17, 15) is 24.0 Å². The average molecular weight is 377 g/mol. The van der Waals surface area contributed by atoms with Crippen molar-refractivity contribution in [2.24, 2.45) is 11.5 Å². The molecule has 0 rings (SSSR count). The van der Waals surface area contributed by atoms with E-state index in [1.165, 1.54) is 13.8 Å². The van der Waals surface area contributed by atoms with Gasteiger partial charge in [-0.3, -0.25) is 19.2 Å². The van der Waals surface area contributed by atoms with Gasteiger partial charge in [0.2, 0.25) is 23.6 Å². The van der Waals surface area contributed by atoms with Gasteiger partial charge in [0.05, 0.1) is 12.5 Å². The van der Waals surface area contributed by atoms with Crippen LogP contribution in [-0.4, -0.2) is 64.6 Å². The van der Waals surface area contributed by atoms with Gasteiger partial charge in [-0.1, -0.05) is 0 Å². The molecule has 4 amide bonds. The number of primary amides is 1. The van der Waals surface area contributed by atoms with Gasteiger partial charge in [0.25, 0.3) is 0 Å². The minimum atomic E-state index is -1.26. The van der Waals surface area contributed by atoms with Gasteiger partial charge in [0, 0.05) is 5.75 Å². The first-order valence-corrected chi connectivity index (χ1v) is 7.91. The van der Waals surface area contributed by atoms with Crippen LogP contribution in [0.4, 0.5) is 0 Å². The second kappa shape index (κ2) is 10.5. The summed E-state index contributed by atoms with van der Waals surface area (Å²) in [7, 11) is 0. The van der Waals surface area contributed by atoms with Crippen LogP contribution >= 0.6 is 12.6 Å². The molecule has 142 valence electrons. The molecule has 0 fully saturated rings. The Labute approximate surface area is 149 Å². The Kier molecular flexibility index (Phi) is 9.53. The first kappa shape index (κ1) is 22.7. The maximum Gasteiger partial charge on any atom is 0.327 e. The van der Waals surface area contributed by atoms with Crippen LogP contribution in [0.5, 0.6) is 0 Å². The molecule has 0 heterocycles. The summed E-state index contributed by atoms with van der Waals surface area (Å²) in [5.41, 5.74) is 10.4. The summed E-state index contributed by atoms with van der Waals surface area (Å²) in [6, 6.07) is -4.48. The van der Waals surface area contributed by atoms with E-state index in [0.29, 0.717) is 0 Å². The number of carboxylic acids is 1. The summed E-state index contributed by atoms with van der Waals surface area (Å²) >= 11 is 3.81. The van der Waals surface area contributed by atoms with E-state index in [1.54, 1.807) is 0 Å². The monoisotopic (exact) mass is 377 g/mol. The maximum atomic E-state index is 12.0. The number of rotatable bonds is 10. The van der Waals surface area contributed by atoms with Gasteiger partial charge >= 0.3 is 5.97 Å². The van der Waals surface area contributed by atoms with Gasteiger partial charge in [-0.05, 0) is 13.8 Å². The number of carboxylic acid groups (broad SMARTS) is 1. The number of carbonyl (C=O) groups is 5. The van der Waals surface area contributed by atoms with Crippen molar-refractivity contribution in [3.63, 3.8) is 0 Å². The summed E-state index contributed by atoms with van der Waals surface area (Å²) in [6.07, 6.45) is -0.376. The topological polar surface area (TPSA) is 194 Å². The maximum absolute atomic E-state index is 12.0. The van der Waals surface area contributed by atoms with E-state index < -0.39 is 53.8 Å². The van der Waals surface area contributed by atoms with Gasteiger partial charge in [-0.25, -0.2) is 4.79 Å². The Hall–Kier alpha value is -2.34. The fourth-order valence-electron chi connectivity index (χ4n) is 1.58. The zero-order valence-electron chi connectivity index (χ0n) is 13.8. The predicted octanol–water partition coefficient (Wildman–Crippen LogP) is -3.30. The first-order chi connectivity index (χ1) is 11.5.